The van der Waals surface area contributed by atoms with E-state index in [4.69, 9.17) is 23.2 Å². The zero-order chi connectivity index (χ0) is 14.5. The van der Waals surface area contributed by atoms with Gasteiger partial charge in [-0.1, -0.05) is 23.2 Å². The third kappa shape index (κ3) is 3.50. The molecule has 0 N–H and O–H groups in total. The molecule has 1 aromatic carbocycles. The Kier molecular flexibility index (Phi) is 4.99. The van der Waals surface area contributed by atoms with Crippen molar-refractivity contribution in [2.24, 2.45) is 0 Å². The van der Waals surface area contributed by atoms with E-state index in [1.165, 1.54) is 0 Å². The van der Waals surface area contributed by atoms with E-state index in [2.05, 4.69) is 4.98 Å². The van der Waals surface area contributed by atoms with Gasteiger partial charge in [0.2, 0.25) is 0 Å². The lowest BCUT2D eigenvalue weighted by Gasteiger charge is -2.21. The lowest BCUT2D eigenvalue weighted by atomic mass is 10.1. The van der Waals surface area contributed by atoms with Crippen LogP contribution in [0.1, 0.15) is 22.8 Å². The van der Waals surface area contributed by atoms with Gasteiger partial charge in [-0.05, 0) is 42.8 Å². The number of rotatable bonds is 4. The Bertz CT molecular complexity index is 602. The number of pyridine rings is 1. The van der Waals surface area contributed by atoms with Gasteiger partial charge in [0.15, 0.2) is 0 Å². The number of nitrogens with zero attached hydrogens (tertiary/aromatic N) is 2. The summed E-state index contributed by atoms with van der Waals surface area (Å²) in [5.41, 5.74) is 1.57. The second kappa shape index (κ2) is 6.73. The van der Waals surface area contributed by atoms with Crippen LogP contribution in [-0.2, 0) is 6.54 Å². The maximum absolute atomic E-state index is 12.5. The first-order valence-corrected chi connectivity index (χ1v) is 7.00. The van der Waals surface area contributed by atoms with Crippen molar-refractivity contribution in [3.8, 4) is 0 Å². The van der Waals surface area contributed by atoms with Crippen LogP contribution in [0.3, 0.4) is 0 Å². The van der Waals surface area contributed by atoms with Gasteiger partial charge in [-0.2, -0.15) is 0 Å². The van der Waals surface area contributed by atoms with Gasteiger partial charge in [0, 0.05) is 31.0 Å². The first kappa shape index (κ1) is 14.8. The van der Waals surface area contributed by atoms with Crippen molar-refractivity contribution in [2.75, 3.05) is 6.54 Å². The van der Waals surface area contributed by atoms with E-state index >= 15 is 0 Å². The molecule has 0 atom stereocenters. The normalized spacial score (nSPS) is 10.3. The summed E-state index contributed by atoms with van der Waals surface area (Å²) >= 11 is 11.8. The van der Waals surface area contributed by atoms with Gasteiger partial charge in [-0.3, -0.25) is 9.78 Å². The summed E-state index contributed by atoms with van der Waals surface area (Å²) in [6.45, 7) is 3.09. The smallest absolute Gasteiger partial charge is 0.254 e. The first-order chi connectivity index (χ1) is 9.61. The van der Waals surface area contributed by atoms with Crippen molar-refractivity contribution in [3.63, 3.8) is 0 Å². The summed E-state index contributed by atoms with van der Waals surface area (Å²) in [6.07, 6.45) is 3.43. The van der Waals surface area contributed by atoms with Crippen LogP contribution in [-0.4, -0.2) is 22.3 Å². The van der Waals surface area contributed by atoms with Crippen LogP contribution < -0.4 is 0 Å². The Morgan fingerprint density at radius 3 is 2.45 bits per heavy atom. The van der Waals surface area contributed by atoms with Crippen molar-refractivity contribution in [3.05, 3.63) is 63.9 Å². The Morgan fingerprint density at radius 2 is 1.85 bits per heavy atom. The predicted molar refractivity (Wildman–Crippen MR) is 81.1 cm³/mol. The number of aromatic nitrogens is 1. The number of hydrogen-bond donors (Lipinski definition) is 0. The van der Waals surface area contributed by atoms with Crippen LogP contribution in [0.15, 0.2) is 42.7 Å². The van der Waals surface area contributed by atoms with E-state index in [-0.39, 0.29) is 5.91 Å². The van der Waals surface area contributed by atoms with Gasteiger partial charge >= 0.3 is 0 Å². The van der Waals surface area contributed by atoms with Crippen LogP contribution in [0.2, 0.25) is 10.0 Å². The summed E-state index contributed by atoms with van der Waals surface area (Å²) in [5, 5.41) is 0.831. The minimum absolute atomic E-state index is 0.0668. The lowest BCUT2D eigenvalue weighted by molar-refractivity contribution is 0.0752. The average molecular weight is 309 g/mol. The molecule has 0 bridgehead atoms. The molecule has 0 aliphatic rings. The molecule has 0 radical (unpaired) electrons. The molecule has 0 saturated carbocycles. The molecule has 20 heavy (non-hydrogen) atoms. The molecule has 0 unspecified atom stereocenters. The number of hydrogen-bond acceptors (Lipinski definition) is 2. The summed E-state index contributed by atoms with van der Waals surface area (Å²) in [7, 11) is 0. The fraction of sp³-hybridized carbons (Fsp3) is 0.200. The highest BCUT2D eigenvalue weighted by Crippen LogP contribution is 2.23. The van der Waals surface area contributed by atoms with E-state index in [9.17, 15) is 4.79 Å². The lowest BCUT2D eigenvalue weighted by Crippen LogP contribution is -2.30. The van der Waals surface area contributed by atoms with E-state index in [0.717, 1.165) is 5.56 Å². The Morgan fingerprint density at radius 1 is 1.15 bits per heavy atom. The molecule has 0 aliphatic carbocycles. The molecule has 0 fully saturated rings. The van der Waals surface area contributed by atoms with Crippen LogP contribution in [0, 0.1) is 0 Å². The average Bonchev–Trinajstić information content (AvgIpc) is 2.48. The predicted octanol–water partition coefficient (Wildman–Crippen LogP) is 4.05. The zero-order valence-electron chi connectivity index (χ0n) is 11.0. The molecule has 0 aliphatic heterocycles. The number of carbonyl (C=O) groups is 1. The number of amides is 1. The van der Waals surface area contributed by atoms with E-state index in [1.807, 2.05) is 19.1 Å². The standard InChI is InChI=1S/C15H14Cl2N2O/c1-2-19(10-11-5-7-18-8-6-11)15(20)12-3-4-13(16)14(17)9-12/h3-9H,2,10H2,1H3. The molecule has 2 aromatic rings. The Balaban J connectivity index is 2.18. The van der Waals surface area contributed by atoms with Crippen molar-refractivity contribution in [1.82, 2.24) is 9.88 Å². The molecule has 5 heteroatoms. The van der Waals surface area contributed by atoms with Crippen molar-refractivity contribution >= 4 is 29.1 Å². The van der Waals surface area contributed by atoms with Crippen LogP contribution in [0.5, 0.6) is 0 Å². The first-order valence-electron chi connectivity index (χ1n) is 6.25. The van der Waals surface area contributed by atoms with Crippen molar-refractivity contribution in [1.29, 1.82) is 0 Å². The summed E-state index contributed by atoms with van der Waals surface area (Å²) in [4.78, 5) is 18.2. The molecule has 0 spiro atoms. The van der Waals surface area contributed by atoms with Crippen molar-refractivity contribution in [2.45, 2.75) is 13.5 Å². The van der Waals surface area contributed by atoms with Gasteiger partial charge in [0.05, 0.1) is 10.0 Å². The SMILES string of the molecule is CCN(Cc1ccncc1)C(=O)c1ccc(Cl)c(Cl)c1. The van der Waals surface area contributed by atoms with Crippen molar-refractivity contribution < 1.29 is 4.79 Å². The molecule has 0 saturated heterocycles. The summed E-state index contributed by atoms with van der Waals surface area (Å²) < 4.78 is 0. The molecule has 1 aromatic heterocycles. The number of carbonyl (C=O) groups excluding carboxylic acids is 1. The maximum Gasteiger partial charge on any atom is 0.254 e. The second-order valence-electron chi connectivity index (χ2n) is 4.30. The molecule has 104 valence electrons. The molecule has 3 nitrogen and oxygen atoms in total. The number of halogens is 2. The highest BCUT2D eigenvalue weighted by molar-refractivity contribution is 6.42. The van der Waals surface area contributed by atoms with E-state index in [1.54, 1.807) is 35.5 Å². The Hall–Kier alpha value is -1.58. The quantitative estimate of drug-likeness (QED) is 0.853. The molecule has 1 amide bonds. The fourth-order valence-corrected chi connectivity index (χ4v) is 2.15. The number of benzene rings is 1. The third-order valence-electron chi connectivity index (χ3n) is 2.96. The molecule has 2 rings (SSSR count). The highest BCUT2D eigenvalue weighted by Gasteiger charge is 2.15. The van der Waals surface area contributed by atoms with Gasteiger partial charge in [0.1, 0.15) is 0 Å². The molecule has 1 heterocycles. The highest BCUT2D eigenvalue weighted by atomic mass is 35.5. The summed E-state index contributed by atoms with van der Waals surface area (Å²) in [6, 6.07) is 8.71. The fourth-order valence-electron chi connectivity index (χ4n) is 1.85. The van der Waals surface area contributed by atoms with Gasteiger partial charge in [-0.25, -0.2) is 0 Å². The minimum atomic E-state index is -0.0668. The monoisotopic (exact) mass is 308 g/mol. The third-order valence-corrected chi connectivity index (χ3v) is 3.70. The molecular formula is C15H14Cl2N2O. The Labute approximate surface area is 128 Å². The van der Waals surface area contributed by atoms with Crippen LogP contribution >= 0.6 is 23.2 Å². The van der Waals surface area contributed by atoms with Gasteiger partial charge in [-0.15, -0.1) is 0 Å². The van der Waals surface area contributed by atoms with E-state index in [0.29, 0.717) is 28.7 Å². The second-order valence-corrected chi connectivity index (χ2v) is 5.12. The maximum atomic E-state index is 12.5. The van der Waals surface area contributed by atoms with Gasteiger partial charge < -0.3 is 4.90 Å². The largest absolute Gasteiger partial charge is 0.335 e. The van der Waals surface area contributed by atoms with Crippen LogP contribution in [0.4, 0.5) is 0 Å². The van der Waals surface area contributed by atoms with Gasteiger partial charge in [0.25, 0.3) is 5.91 Å². The summed E-state index contributed by atoms with van der Waals surface area (Å²) in [5.74, 6) is -0.0668. The molecular weight excluding hydrogens is 295 g/mol. The topological polar surface area (TPSA) is 33.2 Å². The van der Waals surface area contributed by atoms with Crippen LogP contribution in [0.25, 0.3) is 0 Å². The minimum Gasteiger partial charge on any atom is -0.335 e. The van der Waals surface area contributed by atoms with E-state index < -0.39 is 0 Å². The zero-order valence-corrected chi connectivity index (χ0v) is 12.5.